The lowest BCUT2D eigenvalue weighted by Crippen LogP contribution is -1.80. The highest BCUT2D eigenvalue weighted by atomic mass is 35.5. The third-order valence-corrected chi connectivity index (χ3v) is 1.77. The molecule has 0 unspecified atom stereocenters. The van der Waals surface area contributed by atoms with Gasteiger partial charge < -0.3 is 4.74 Å². The lowest BCUT2D eigenvalue weighted by Gasteiger charge is -1.79. The van der Waals surface area contributed by atoms with Crippen molar-refractivity contribution in [3.05, 3.63) is 21.8 Å². The van der Waals surface area contributed by atoms with Gasteiger partial charge in [-0.1, -0.05) is 11.6 Å². The highest BCUT2D eigenvalue weighted by Crippen LogP contribution is 2.10. The predicted molar refractivity (Wildman–Crippen MR) is 47.0 cm³/mol. The van der Waals surface area contributed by atoms with Gasteiger partial charge in [0.05, 0.1) is 11.6 Å². The summed E-state index contributed by atoms with van der Waals surface area (Å²) < 4.78 is 4.15. The molecule has 1 aromatic heterocycles. The van der Waals surface area contributed by atoms with Crippen LogP contribution in [0.1, 0.15) is 6.92 Å². The van der Waals surface area contributed by atoms with E-state index in [4.69, 9.17) is 11.6 Å². The Labute approximate surface area is 74.8 Å². The summed E-state index contributed by atoms with van der Waals surface area (Å²) in [6.07, 6.45) is 0. The number of halogens is 1. The van der Waals surface area contributed by atoms with Crippen molar-refractivity contribution in [2.45, 2.75) is 6.92 Å². The molecule has 4 heteroatoms. The van der Waals surface area contributed by atoms with Gasteiger partial charge in [0, 0.05) is 5.38 Å². The van der Waals surface area contributed by atoms with Crippen LogP contribution in [0.5, 0.6) is 0 Å². The van der Waals surface area contributed by atoms with E-state index in [1.54, 1.807) is 18.3 Å². The molecule has 62 valence electrons. The summed E-state index contributed by atoms with van der Waals surface area (Å²) in [7, 11) is 0. The van der Waals surface area contributed by atoms with E-state index >= 15 is 0 Å². The molecule has 0 saturated carbocycles. The van der Waals surface area contributed by atoms with Gasteiger partial charge in [0.15, 0.2) is 0 Å². The zero-order valence-electron chi connectivity index (χ0n) is 6.12. The summed E-state index contributed by atoms with van der Waals surface area (Å²) in [5.41, 5.74) is 0. The first-order valence-electron chi connectivity index (χ1n) is 3.04. The number of thiophene rings is 1. The Morgan fingerprint density at radius 3 is 2.64 bits per heavy atom. The van der Waals surface area contributed by atoms with Crippen LogP contribution in [0.15, 0.2) is 16.8 Å². The van der Waals surface area contributed by atoms with Crippen LogP contribution in [0.4, 0.5) is 0 Å². The highest BCUT2D eigenvalue weighted by Gasteiger charge is 1.77. The number of carbonyl (C=O) groups excluding carboxylic acids is 1. The zero-order chi connectivity index (χ0) is 8.53. The van der Waals surface area contributed by atoms with Crippen molar-refractivity contribution in [1.82, 2.24) is 0 Å². The van der Waals surface area contributed by atoms with Gasteiger partial charge >= 0.3 is 0 Å². The van der Waals surface area contributed by atoms with E-state index in [9.17, 15) is 4.79 Å². The fraction of sp³-hybridized carbons (Fsp3) is 0.286. The molecule has 1 aromatic rings. The molecule has 0 radical (unpaired) electrons. The number of hydrogen-bond donors (Lipinski definition) is 0. The largest absolute Gasteiger partial charge is 0.468 e. The normalized spacial score (nSPS) is 7.82. The number of hydrogen-bond acceptors (Lipinski definition) is 3. The number of ether oxygens (including phenoxy) is 1. The van der Waals surface area contributed by atoms with Crippen molar-refractivity contribution in [2.75, 3.05) is 6.61 Å². The topological polar surface area (TPSA) is 26.3 Å². The lowest BCUT2D eigenvalue weighted by atomic mass is 10.7. The Balaban J connectivity index is 0.000000187. The molecule has 0 fully saturated rings. The molecule has 0 spiro atoms. The molecule has 0 aliphatic rings. The van der Waals surface area contributed by atoms with Gasteiger partial charge in [-0.3, -0.25) is 4.79 Å². The second-order valence-electron chi connectivity index (χ2n) is 1.49. The van der Waals surface area contributed by atoms with Gasteiger partial charge in [0.1, 0.15) is 0 Å². The zero-order valence-corrected chi connectivity index (χ0v) is 7.69. The average Bonchev–Trinajstić information content (AvgIpc) is 2.43. The number of carbonyl (C=O) groups is 1. The molecule has 0 N–H and O–H groups in total. The van der Waals surface area contributed by atoms with E-state index < -0.39 is 0 Å². The lowest BCUT2D eigenvalue weighted by molar-refractivity contribution is -0.128. The maximum absolute atomic E-state index is 9.18. The van der Waals surface area contributed by atoms with Gasteiger partial charge in [0.25, 0.3) is 6.47 Å². The summed E-state index contributed by atoms with van der Waals surface area (Å²) >= 11 is 7.07. The Morgan fingerprint density at radius 1 is 1.82 bits per heavy atom. The van der Waals surface area contributed by atoms with Gasteiger partial charge in [-0.15, -0.1) is 0 Å². The second kappa shape index (κ2) is 7.57. The maximum atomic E-state index is 9.18. The van der Waals surface area contributed by atoms with Crippen LogP contribution in [0.25, 0.3) is 0 Å². The van der Waals surface area contributed by atoms with Crippen LogP contribution in [-0.4, -0.2) is 13.1 Å². The van der Waals surface area contributed by atoms with Crippen molar-refractivity contribution in [2.24, 2.45) is 0 Å². The Morgan fingerprint density at radius 2 is 2.55 bits per heavy atom. The van der Waals surface area contributed by atoms with Gasteiger partial charge in [0.2, 0.25) is 0 Å². The quantitative estimate of drug-likeness (QED) is 0.674. The van der Waals surface area contributed by atoms with E-state index in [1.165, 1.54) is 0 Å². The van der Waals surface area contributed by atoms with E-state index in [2.05, 4.69) is 4.74 Å². The van der Waals surface area contributed by atoms with Gasteiger partial charge in [-0.2, -0.15) is 11.3 Å². The molecular formula is C7H9ClO2S. The van der Waals surface area contributed by atoms with Gasteiger partial charge in [-0.25, -0.2) is 0 Å². The molecule has 1 rings (SSSR count). The molecule has 0 atom stereocenters. The monoisotopic (exact) mass is 192 g/mol. The predicted octanol–water partition coefficient (Wildman–Crippen LogP) is 2.58. The first kappa shape index (κ1) is 10.5. The van der Waals surface area contributed by atoms with Crippen molar-refractivity contribution in [3.63, 3.8) is 0 Å². The summed E-state index contributed by atoms with van der Waals surface area (Å²) in [6.45, 7) is 2.66. The minimum Gasteiger partial charge on any atom is -0.468 e. The molecule has 0 aliphatic carbocycles. The minimum atomic E-state index is 0.431. The van der Waals surface area contributed by atoms with Crippen molar-refractivity contribution >= 4 is 29.4 Å². The molecular weight excluding hydrogens is 184 g/mol. The minimum absolute atomic E-state index is 0.431. The second-order valence-corrected chi connectivity index (χ2v) is 2.71. The van der Waals surface area contributed by atoms with Crippen LogP contribution in [0.3, 0.4) is 0 Å². The standard InChI is InChI=1S/C4H3ClS.C3H6O2/c5-4-1-2-6-3-4;1-2-5-3-4/h1-3H;3H,2H2,1H3. The molecule has 0 amide bonds. The van der Waals surface area contributed by atoms with Crippen molar-refractivity contribution < 1.29 is 9.53 Å². The van der Waals surface area contributed by atoms with Crippen LogP contribution in [-0.2, 0) is 9.53 Å². The smallest absolute Gasteiger partial charge is 0.293 e. The molecule has 0 bridgehead atoms. The van der Waals surface area contributed by atoms with Gasteiger partial charge in [-0.05, 0) is 18.4 Å². The van der Waals surface area contributed by atoms with Crippen LogP contribution in [0.2, 0.25) is 5.02 Å². The van der Waals surface area contributed by atoms with E-state index in [-0.39, 0.29) is 0 Å². The van der Waals surface area contributed by atoms with Crippen LogP contribution in [0, 0.1) is 0 Å². The van der Waals surface area contributed by atoms with Crippen LogP contribution < -0.4 is 0 Å². The molecule has 11 heavy (non-hydrogen) atoms. The molecule has 0 aliphatic heterocycles. The Hall–Kier alpha value is -0.540. The average molecular weight is 193 g/mol. The maximum Gasteiger partial charge on any atom is 0.293 e. The Kier molecular flexibility index (Phi) is 7.19. The SMILES string of the molecule is CCOC=O.Clc1ccsc1. The molecule has 0 aromatic carbocycles. The summed E-state index contributed by atoms with van der Waals surface area (Å²) in [4.78, 5) is 9.18. The fourth-order valence-electron chi connectivity index (χ4n) is 0.316. The summed E-state index contributed by atoms with van der Waals surface area (Å²) in [5, 5.41) is 4.67. The fourth-order valence-corrected chi connectivity index (χ4v) is 1.12. The van der Waals surface area contributed by atoms with Crippen molar-refractivity contribution in [1.29, 1.82) is 0 Å². The molecule has 2 nitrogen and oxygen atoms in total. The third-order valence-electron chi connectivity index (χ3n) is 0.721. The third kappa shape index (κ3) is 7.36. The number of rotatable bonds is 2. The van der Waals surface area contributed by atoms with E-state index in [0.717, 1.165) is 5.02 Å². The first-order valence-corrected chi connectivity index (χ1v) is 4.36. The highest BCUT2D eigenvalue weighted by molar-refractivity contribution is 7.08. The molecule has 0 saturated heterocycles. The first-order chi connectivity index (χ1) is 5.31. The van der Waals surface area contributed by atoms with Crippen molar-refractivity contribution in [3.8, 4) is 0 Å². The van der Waals surface area contributed by atoms with E-state index in [1.807, 2.05) is 16.8 Å². The Bertz CT molecular complexity index is 175. The molecule has 1 heterocycles. The van der Waals surface area contributed by atoms with E-state index in [0.29, 0.717) is 13.1 Å². The summed E-state index contributed by atoms with van der Waals surface area (Å²) in [5.74, 6) is 0. The van der Waals surface area contributed by atoms with Crippen LogP contribution >= 0.6 is 22.9 Å². The summed E-state index contributed by atoms with van der Waals surface area (Å²) in [6, 6.07) is 1.87.